The van der Waals surface area contributed by atoms with Crippen LogP contribution in [0, 0.1) is 0 Å². The lowest BCUT2D eigenvalue weighted by molar-refractivity contribution is -0.142. The van der Waals surface area contributed by atoms with E-state index in [0.29, 0.717) is 11.1 Å². The summed E-state index contributed by atoms with van der Waals surface area (Å²) in [6, 6.07) is 10.0. The number of carbonyl (C=O) groups excluding carboxylic acids is 2. The number of methoxy groups -OCH3 is 2. The Morgan fingerprint density at radius 2 is 1.83 bits per heavy atom. The van der Waals surface area contributed by atoms with Crippen LogP contribution in [0.5, 0.6) is 11.5 Å². The van der Waals surface area contributed by atoms with Crippen LogP contribution in [-0.2, 0) is 19.6 Å². The lowest BCUT2D eigenvalue weighted by Gasteiger charge is -2.16. The molecule has 0 saturated carbocycles. The summed E-state index contributed by atoms with van der Waals surface area (Å²) in [7, 11) is -1.19. The maximum absolute atomic E-state index is 12.6. The molecule has 0 fully saturated rings. The van der Waals surface area contributed by atoms with Gasteiger partial charge in [-0.25, -0.2) is 18.4 Å². The van der Waals surface area contributed by atoms with Crippen molar-refractivity contribution in [1.29, 1.82) is 0 Å². The second-order valence-corrected chi connectivity index (χ2v) is 7.60. The average Bonchev–Trinajstić information content (AvgIpc) is 2.71. The lowest BCUT2D eigenvalue weighted by atomic mass is 10.1. The molecule has 0 aliphatic carbocycles. The van der Waals surface area contributed by atoms with Crippen LogP contribution in [0.25, 0.3) is 0 Å². The number of primary sulfonamides is 1. The number of esters is 1. The van der Waals surface area contributed by atoms with Gasteiger partial charge in [0, 0.05) is 5.56 Å². The quantitative estimate of drug-likeness (QED) is 0.614. The smallest absolute Gasteiger partial charge is 0.343 e. The maximum Gasteiger partial charge on any atom is 0.343 e. The molecule has 0 heterocycles. The molecule has 0 aromatic heterocycles. The van der Waals surface area contributed by atoms with Crippen LogP contribution in [0.4, 0.5) is 0 Å². The summed E-state index contributed by atoms with van der Waals surface area (Å²) in [4.78, 5) is 23.7. The van der Waals surface area contributed by atoms with Gasteiger partial charge in [0.25, 0.3) is 5.91 Å². The molecule has 10 heteroatoms. The Kier molecular flexibility index (Phi) is 7.18. The van der Waals surface area contributed by atoms with E-state index in [1.807, 2.05) is 0 Å². The van der Waals surface area contributed by atoms with E-state index >= 15 is 0 Å². The molecule has 0 bridgehead atoms. The molecule has 2 aromatic rings. The minimum absolute atomic E-state index is 0.0372. The Morgan fingerprint density at radius 3 is 2.45 bits per heavy atom. The number of hydrogen-bond donors (Lipinski definition) is 2. The van der Waals surface area contributed by atoms with Crippen LogP contribution in [0.15, 0.2) is 47.4 Å². The molecule has 1 unspecified atom stereocenters. The zero-order valence-electron chi connectivity index (χ0n) is 16.2. The average molecular weight is 422 g/mol. The molecule has 0 aliphatic heterocycles. The van der Waals surface area contributed by atoms with E-state index in [0.717, 1.165) is 0 Å². The molecule has 0 aliphatic rings. The Labute approximate surface area is 168 Å². The van der Waals surface area contributed by atoms with E-state index in [2.05, 4.69) is 10.1 Å². The van der Waals surface area contributed by atoms with Gasteiger partial charge in [-0.15, -0.1) is 0 Å². The summed E-state index contributed by atoms with van der Waals surface area (Å²) in [6.07, 6.45) is 0. The third-order valence-corrected chi connectivity index (χ3v) is 4.94. The second kappa shape index (κ2) is 9.39. The predicted molar refractivity (Wildman–Crippen MR) is 104 cm³/mol. The number of amides is 1. The number of nitrogens with one attached hydrogen (secondary N) is 1. The molecule has 29 heavy (non-hydrogen) atoms. The van der Waals surface area contributed by atoms with Gasteiger partial charge in [0.1, 0.15) is 0 Å². The summed E-state index contributed by atoms with van der Waals surface area (Å²) in [5.74, 6) is -0.408. The number of sulfonamides is 1. The normalized spacial score (nSPS) is 12.0. The molecule has 0 saturated heterocycles. The molecule has 1 amide bonds. The first-order valence-corrected chi connectivity index (χ1v) is 10.0. The van der Waals surface area contributed by atoms with Gasteiger partial charge in [-0.2, -0.15) is 0 Å². The summed E-state index contributed by atoms with van der Waals surface area (Å²) in [5.41, 5.74) is 0.872. The molecule has 3 N–H and O–H groups in total. The lowest BCUT2D eigenvalue weighted by Crippen LogP contribution is -2.27. The molecule has 9 nitrogen and oxygen atoms in total. The van der Waals surface area contributed by atoms with Gasteiger partial charge in [-0.1, -0.05) is 12.1 Å². The van der Waals surface area contributed by atoms with Gasteiger partial charge in [0.05, 0.1) is 25.2 Å². The van der Waals surface area contributed by atoms with Crippen LogP contribution < -0.4 is 19.9 Å². The van der Waals surface area contributed by atoms with Crippen molar-refractivity contribution in [3.63, 3.8) is 0 Å². The standard InChI is InChI=1S/C19H22N2O7S/c1-12(13-5-4-6-15(9-13)29(20,24)25)21-19(23)14-7-8-16(17(10-14)26-2)28-11-18(22)27-3/h4-10,12H,11H2,1-3H3,(H,21,23)(H2,20,24,25). The van der Waals surface area contributed by atoms with Crippen LogP contribution >= 0.6 is 0 Å². The minimum Gasteiger partial charge on any atom is -0.493 e. The molecule has 1 atom stereocenters. The van der Waals surface area contributed by atoms with Gasteiger partial charge in [0.15, 0.2) is 18.1 Å². The number of rotatable bonds is 8. The highest BCUT2D eigenvalue weighted by molar-refractivity contribution is 7.89. The predicted octanol–water partition coefficient (Wildman–Crippen LogP) is 1.39. The molecular formula is C19H22N2O7S. The SMILES string of the molecule is COC(=O)COc1ccc(C(=O)NC(C)c2cccc(S(N)(=O)=O)c2)cc1OC. The zero-order valence-corrected chi connectivity index (χ0v) is 17.0. The first-order valence-electron chi connectivity index (χ1n) is 8.47. The molecule has 2 rings (SSSR count). The largest absolute Gasteiger partial charge is 0.493 e. The van der Waals surface area contributed by atoms with Crippen molar-refractivity contribution >= 4 is 21.9 Å². The van der Waals surface area contributed by atoms with E-state index in [-0.39, 0.29) is 23.0 Å². The van der Waals surface area contributed by atoms with Gasteiger partial charge in [-0.05, 0) is 42.8 Å². The third-order valence-electron chi connectivity index (χ3n) is 4.03. The van der Waals surface area contributed by atoms with Crippen molar-refractivity contribution in [2.24, 2.45) is 5.14 Å². The van der Waals surface area contributed by atoms with E-state index in [1.165, 1.54) is 44.6 Å². The van der Waals surface area contributed by atoms with Gasteiger partial charge >= 0.3 is 5.97 Å². The third kappa shape index (κ3) is 5.93. The first-order chi connectivity index (χ1) is 13.7. The van der Waals surface area contributed by atoms with Crippen LogP contribution in [-0.4, -0.2) is 41.1 Å². The number of ether oxygens (including phenoxy) is 3. The van der Waals surface area contributed by atoms with Crippen LogP contribution in [0.2, 0.25) is 0 Å². The van der Waals surface area contributed by atoms with Crippen molar-refractivity contribution in [2.75, 3.05) is 20.8 Å². The van der Waals surface area contributed by atoms with Crippen LogP contribution in [0.3, 0.4) is 0 Å². The van der Waals surface area contributed by atoms with E-state index in [9.17, 15) is 18.0 Å². The fourth-order valence-electron chi connectivity index (χ4n) is 2.45. The number of carbonyl (C=O) groups is 2. The topological polar surface area (TPSA) is 134 Å². The fourth-order valence-corrected chi connectivity index (χ4v) is 3.02. The van der Waals surface area contributed by atoms with Crippen molar-refractivity contribution in [3.8, 4) is 11.5 Å². The summed E-state index contributed by atoms with van der Waals surface area (Å²) < 4.78 is 38.0. The van der Waals surface area contributed by atoms with Crippen molar-refractivity contribution in [2.45, 2.75) is 17.9 Å². The monoisotopic (exact) mass is 422 g/mol. The first kappa shape index (κ1) is 22.2. The number of hydrogen-bond acceptors (Lipinski definition) is 7. The molecule has 0 spiro atoms. The van der Waals surface area contributed by atoms with Gasteiger partial charge in [-0.3, -0.25) is 4.79 Å². The molecule has 156 valence electrons. The highest BCUT2D eigenvalue weighted by Gasteiger charge is 2.16. The van der Waals surface area contributed by atoms with Crippen molar-refractivity contribution in [1.82, 2.24) is 5.32 Å². The molecule has 0 radical (unpaired) electrons. The molecular weight excluding hydrogens is 400 g/mol. The zero-order chi connectivity index (χ0) is 21.6. The molecule has 2 aromatic carbocycles. The summed E-state index contributed by atoms with van der Waals surface area (Å²) >= 11 is 0. The Hall–Kier alpha value is -3.11. The second-order valence-electron chi connectivity index (χ2n) is 6.04. The number of nitrogens with two attached hydrogens (primary N) is 1. The van der Waals surface area contributed by atoms with Crippen molar-refractivity contribution in [3.05, 3.63) is 53.6 Å². The Morgan fingerprint density at radius 1 is 1.10 bits per heavy atom. The van der Waals surface area contributed by atoms with Gasteiger partial charge < -0.3 is 19.5 Å². The Balaban J connectivity index is 2.15. The van der Waals surface area contributed by atoms with Gasteiger partial charge in [0.2, 0.25) is 10.0 Å². The number of benzene rings is 2. The fraction of sp³-hybridized carbons (Fsp3) is 0.263. The highest BCUT2D eigenvalue weighted by atomic mass is 32.2. The Bertz CT molecular complexity index is 1010. The summed E-state index contributed by atoms with van der Waals surface area (Å²) in [5, 5.41) is 7.92. The highest BCUT2D eigenvalue weighted by Crippen LogP contribution is 2.28. The van der Waals surface area contributed by atoms with Crippen molar-refractivity contribution < 1.29 is 32.2 Å². The maximum atomic E-state index is 12.6. The minimum atomic E-state index is -3.84. The summed E-state index contributed by atoms with van der Waals surface area (Å²) in [6.45, 7) is 1.42. The van der Waals surface area contributed by atoms with E-state index in [4.69, 9.17) is 14.6 Å². The van der Waals surface area contributed by atoms with E-state index < -0.39 is 27.9 Å². The van der Waals surface area contributed by atoms with Crippen LogP contribution in [0.1, 0.15) is 28.9 Å². The van der Waals surface area contributed by atoms with E-state index in [1.54, 1.807) is 19.1 Å².